The van der Waals surface area contributed by atoms with Crippen LogP contribution in [0.3, 0.4) is 0 Å². The van der Waals surface area contributed by atoms with Gasteiger partial charge in [-0.15, -0.1) is 11.3 Å². The SMILES string of the molecule is Nc1nc(C(=NO)C(=O)NC2Cc3ccc(O)c(C(=O)O)c3OB2O)cs1. The number of hydrogen-bond acceptors (Lipinski definition) is 10. The average Bonchev–Trinajstić information content (AvgIpc) is 3.02. The molecule has 0 fully saturated rings. The molecule has 0 aliphatic carbocycles. The van der Waals surface area contributed by atoms with Crippen LogP contribution < -0.4 is 15.7 Å². The molecule has 0 radical (unpaired) electrons. The van der Waals surface area contributed by atoms with Crippen LogP contribution >= 0.6 is 11.3 Å². The maximum atomic E-state index is 12.4. The smallest absolute Gasteiger partial charge is 0.534 e. The van der Waals surface area contributed by atoms with Crippen LogP contribution in [0.5, 0.6) is 11.5 Å². The minimum Gasteiger partial charge on any atom is -0.534 e. The zero-order valence-electron chi connectivity index (χ0n) is 13.5. The van der Waals surface area contributed by atoms with Gasteiger partial charge in [-0.1, -0.05) is 11.2 Å². The van der Waals surface area contributed by atoms with Crippen LogP contribution in [0.2, 0.25) is 0 Å². The molecule has 13 heteroatoms. The van der Waals surface area contributed by atoms with Crippen LogP contribution in [0, 0.1) is 0 Å². The van der Waals surface area contributed by atoms with Crippen LogP contribution in [0.15, 0.2) is 22.7 Å². The van der Waals surface area contributed by atoms with Gasteiger partial charge in [-0.05, 0) is 18.1 Å². The Bertz CT molecular complexity index is 948. The Balaban J connectivity index is 1.83. The van der Waals surface area contributed by atoms with Crippen LogP contribution in [0.4, 0.5) is 5.13 Å². The topological polar surface area (TPSA) is 188 Å². The second-order valence-electron chi connectivity index (χ2n) is 5.57. The number of nitrogens with one attached hydrogen (secondary N) is 1. The number of carbonyl (C=O) groups excluding carboxylic acids is 1. The molecule has 2 heterocycles. The molecule has 0 saturated heterocycles. The molecule has 7 N–H and O–H groups in total. The van der Waals surface area contributed by atoms with Gasteiger partial charge >= 0.3 is 13.1 Å². The van der Waals surface area contributed by atoms with Gasteiger partial charge in [0.05, 0.1) is 5.94 Å². The van der Waals surface area contributed by atoms with Crippen molar-refractivity contribution in [2.45, 2.75) is 12.4 Å². The Labute approximate surface area is 155 Å². The summed E-state index contributed by atoms with van der Waals surface area (Å²) in [6.45, 7) is 0. The molecule has 1 aromatic heterocycles. The number of fused-ring (bicyclic) bond motifs is 1. The van der Waals surface area contributed by atoms with Crippen LogP contribution in [0.1, 0.15) is 21.6 Å². The second kappa shape index (κ2) is 7.13. The largest absolute Gasteiger partial charge is 0.547 e. The molecule has 1 amide bonds. The van der Waals surface area contributed by atoms with Gasteiger partial charge in [-0.2, -0.15) is 0 Å². The first-order valence-corrected chi connectivity index (χ1v) is 8.37. The number of aromatic hydroxyl groups is 1. The lowest BCUT2D eigenvalue weighted by atomic mass is 9.72. The van der Waals surface area contributed by atoms with Gasteiger partial charge in [0.25, 0.3) is 5.91 Å². The molecule has 2 aromatic rings. The zero-order chi connectivity index (χ0) is 19.7. The van der Waals surface area contributed by atoms with Crippen molar-refractivity contribution >= 4 is 41.2 Å². The third-order valence-electron chi connectivity index (χ3n) is 3.85. The summed E-state index contributed by atoms with van der Waals surface area (Å²) in [6.07, 6.45) is 0.0146. The molecule has 0 spiro atoms. The first-order valence-electron chi connectivity index (χ1n) is 7.49. The van der Waals surface area contributed by atoms with E-state index in [9.17, 15) is 24.8 Å². The summed E-state index contributed by atoms with van der Waals surface area (Å²) in [4.78, 5) is 27.5. The molecule has 0 bridgehead atoms. The molecule has 1 aliphatic rings. The number of aromatic carboxylic acids is 1. The summed E-state index contributed by atoms with van der Waals surface area (Å²) < 4.78 is 5.21. The van der Waals surface area contributed by atoms with E-state index in [1.165, 1.54) is 17.5 Å². The summed E-state index contributed by atoms with van der Waals surface area (Å²) in [5.41, 5.74) is 5.03. The number of carboxylic acids is 1. The summed E-state index contributed by atoms with van der Waals surface area (Å²) in [5.74, 6) is -3.91. The van der Waals surface area contributed by atoms with Crippen molar-refractivity contribution in [2.75, 3.05) is 5.73 Å². The number of nitrogens with zero attached hydrogens (tertiary/aromatic N) is 2. The summed E-state index contributed by atoms with van der Waals surface area (Å²) >= 11 is 1.05. The van der Waals surface area contributed by atoms with Gasteiger partial charge in [-0.3, -0.25) is 4.79 Å². The predicted molar refractivity (Wildman–Crippen MR) is 94.2 cm³/mol. The number of phenols is 1. The second-order valence-corrected chi connectivity index (χ2v) is 6.45. The van der Waals surface area contributed by atoms with E-state index < -0.39 is 42.0 Å². The predicted octanol–water partition coefficient (Wildman–Crippen LogP) is -0.553. The van der Waals surface area contributed by atoms with Crippen LogP contribution in [-0.4, -0.2) is 56.1 Å². The Kier molecular flexibility index (Phi) is 4.88. The number of anilines is 1. The monoisotopic (exact) mass is 392 g/mol. The van der Waals surface area contributed by atoms with Crippen molar-refractivity contribution in [3.63, 3.8) is 0 Å². The Morgan fingerprint density at radius 2 is 2.19 bits per heavy atom. The molecule has 0 saturated carbocycles. The molecule has 11 nitrogen and oxygen atoms in total. The third-order valence-corrected chi connectivity index (χ3v) is 4.52. The molecular formula is C14H13BN4O7S. The molecule has 140 valence electrons. The van der Waals surface area contributed by atoms with Gasteiger partial charge in [0.2, 0.25) is 0 Å². The van der Waals surface area contributed by atoms with Crippen molar-refractivity contribution in [2.24, 2.45) is 5.16 Å². The Morgan fingerprint density at radius 3 is 2.78 bits per heavy atom. The number of hydrogen-bond donors (Lipinski definition) is 6. The third kappa shape index (κ3) is 3.50. The number of benzene rings is 1. The molecule has 1 aromatic carbocycles. The quantitative estimate of drug-likeness (QED) is 0.172. The molecule has 1 atom stereocenters. The van der Waals surface area contributed by atoms with Crippen molar-refractivity contribution in [1.29, 1.82) is 0 Å². The van der Waals surface area contributed by atoms with E-state index >= 15 is 0 Å². The zero-order valence-corrected chi connectivity index (χ0v) is 14.3. The highest BCUT2D eigenvalue weighted by molar-refractivity contribution is 7.13. The number of rotatable bonds is 4. The van der Waals surface area contributed by atoms with Gasteiger partial charge in [0.1, 0.15) is 22.8 Å². The number of amides is 1. The minimum atomic E-state index is -1.60. The van der Waals surface area contributed by atoms with Gasteiger partial charge in [-0.25, -0.2) is 9.78 Å². The van der Waals surface area contributed by atoms with Crippen LogP contribution in [-0.2, 0) is 11.2 Å². The molecule has 1 unspecified atom stereocenters. The first kappa shape index (κ1) is 18.5. The fourth-order valence-electron chi connectivity index (χ4n) is 2.63. The number of carbonyl (C=O) groups is 2. The maximum absolute atomic E-state index is 12.4. The first-order chi connectivity index (χ1) is 12.8. The number of aromatic nitrogens is 1. The number of nitrogens with two attached hydrogens (primary N) is 1. The Hall–Kier alpha value is -3.32. The van der Waals surface area contributed by atoms with Gasteiger partial charge < -0.3 is 36.1 Å². The normalized spacial score (nSPS) is 16.4. The van der Waals surface area contributed by atoms with E-state index in [1.54, 1.807) is 0 Å². The van der Waals surface area contributed by atoms with E-state index in [4.69, 9.17) is 15.6 Å². The number of oxime groups is 1. The van der Waals surface area contributed by atoms with Gasteiger partial charge in [0, 0.05) is 5.38 Å². The summed E-state index contributed by atoms with van der Waals surface area (Å²) in [7, 11) is -1.60. The fourth-order valence-corrected chi connectivity index (χ4v) is 3.17. The van der Waals surface area contributed by atoms with Crippen molar-refractivity contribution in [1.82, 2.24) is 10.3 Å². The minimum absolute atomic E-state index is 0.0146. The number of nitrogen functional groups attached to an aromatic ring is 1. The van der Waals surface area contributed by atoms with Gasteiger partial charge in [0.15, 0.2) is 10.8 Å². The highest BCUT2D eigenvalue weighted by Crippen LogP contribution is 2.35. The molecule has 27 heavy (non-hydrogen) atoms. The van der Waals surface area contributed by atoms with E-state index in [0.29, 0.717) is 5.56 Å². The van der Waals surface area contributed by atoms with E-state index in [1.807, 2.05) is 0 Å². The summed E-state index contributed by atoms with van der Waals surface area (Å²) in [5, 5.41) is 45.1. The molecule has 3 rings (SSSR count). The molecular weight excluding hydrogens is 379 g/mol. The Morgan fingerprint density at radius 1 is 1.44 bits per heavy atom. The van der Waals surface area contributed by atoms with Crippen molar-refractivity contribution < 1.29 is 34.7 Å². The van der Waals surface area contributed by atoms with Crippen molar-refractivity contribution in [3.05, 3.63) is 34.3 Å². The average molecular weight is 392 g/mol. The number of thiazole rings is 1. The standard InChI is InChI=1S/C14H13BN4O7S/c16-14-17-6(4-27-14)10(19-25)12(21)18-8-3-5-1-2-7(20)9(13(22)23)11(5)26-15(8)24/h1-2,4,8,20,24-25H,3H2,(H2,16,17)(H,18,21)(H,22,23). The highest BCUT2D eigenvalue weighted by atomic mass is 32.1. The van der Waals surface area contributed by atoms with E-state index in [0.717, 1.165) is 11.3 Å². The number of carboxylic acid groups (broad SMARTS) is 1. The lowest BCUT2D eigenvalue weighted by Crippen LogP contribution is -2.54. The van der Waals surface area contributed by atoms with E-state index in [-0.39, 0.29) is 23.0 Å². The van der Waals surface area contributed by atoms with Crippen molar-refractivity contribution in [3.8, 4) is 11.5 Å². The highest BCUT2D eigenvalue weighted by Gasteiger charge is 2.39. The van der Waals surface area contributed by atoms with Crippen LogP contribution in [0.25, 0.3) is 0 Å². The lowest BCUT2D eigenvalue weighted by Gasteiger charge is -2.29. The van der Waals surface area contributed by atoms with E-state index in [2.05, 4.69) is 15.5 Å². The maximum Gasteiger partial charge on any atom is 0.547 e. The summed E-state index contributed by atoms with van der Waals surface area (Å²) in [6, 6.07) is 2.60. The lowest BCUT2D eigenvalue weighted by molar-refractivity contribution is -0.115. The molecule has 1 aliphatic heterocycles. The fraction of sp³-hybridized carbons (Fsp3) is 0.143.